The smallest absolute Gasteiger partial charge is 0.305 e. The quantitative estimate of drug-likeness (QED) is 0.795. The number of hydrogen-bond donors (Lipinski definition) is 1. The molecule has 4 nitrogen and oxygen atoms in total. The monoisotopic (exact) mass is 237 g/mol. The number of methoxy groups -OCH3 is 2. The fourth-order valence-electron chi connectivity index (χ4n) is 1.79. The Morgan fingerprint density at radius 3 is 2.71 bits per heavy atom. The van der Waals surface area contributed by atoms with E-state index in [0.717, 1.165) is 16.9 Å². The first-order chi connectivity index (χ1) is 8.10. The Labute approximate surface area is 102 Å². The minimum absolute atomic E-state index is 0.177. The van der Waals surface area contributed by atoms with Crippen LogP contribution in [0.3, 0.4) is 0 Å². The number of nitrogens with two attached hydrogens (primary N) is 1. The van der Waals surface area contributed by atoms with Crippen LogP contribution in [0.4, 0.5) is 0 Å². The minimum atomic E-state index is -0.235. The lowest BCUT2D eigenvalue weighted by Gasteiger charge is -2.16. The lowest BCUT2D eigenvalue weighted by atomic mass is 9.97. The minimum Gasteiger partial charge on any atom is -0.496 e. The van der Waals surface area contributed by atoms with Gasteiger partial charge < -0.3 is 15.2 Å². The first-order valence-electron chi connectivity index (χ1n) is 5.56. The predicted octanol–water partition coefficient (Wildman–Crippen LogP) is 1.96. The van der Waals surface area contributed by atoms with Crippen molar-refractivity contribution in [2.45, 2.75) is 25.8 Å². The van der Waals surface area contributed by atoms with Crippen molar-refractivity contribution in [2.75, 3.05) is 14.2 Å². The summed E-state index contributed by atoms with van der Waals surface area (Å²) in [5, 5.41) is 0. The molecule has 0 fully saturated rings. The van der Waals surface area contributed by atoms with Crippen molar-refractivity contribution in [1.29, 1.82) is 0 Å². The van der Waals surface area contributed by atoms with Crippen LogP contribution in [0, 0.1) is 6.92 Å². The molecule has 1 aromatic carbocycles. The summed E-state index contributed by atoms with van der Waals surface area (Å²) < 4.78 is 9.83. The van der Waals surface area contributed by atoms with Crippen LogP contribution in [0.2, 0.25) is 0 Å². The van der Waals surface area contributed by atoms with Gasteiger partial charge in [0.15, 0.2) is 0 Å². The molecule has 1 unspecified atom stereocenters. The number of rotatable bonds is 5. The van der Waals surface area contributed by atoms with Crippen molar-refractivity contribution in [3.8, 4) is 5.75 Å². The third-order valence-corrected chi connectivity index (χ3v) is 2.83. The van der Waals surface area contributed by atoms with E-state index >= 15 is 0 Å². The van der Waals surface area contributed by atoms with Gasteiger partial charge in [-0.3, -0.25) is 4.79 Å². The normalized spacial score (nSPS) is 12.0. The first kappa shape index (κ1) is 13.5. The van der Waals surface area contributed by atoms with E-state index in [9.17, 15) is 4.79 Å². The summed E-state index contributed by atoms with van der Waals surface area (Å²) >= 11 is 0. The highest BCUT2D eigenvalue weighted by Crippen LogP contribution is 2.26. The van der Waals surface area contributed by atoms with Crippen LogP contribution in [-0.4, -0.2) is 20.2 Å². The Bertz CT molecular complexity index is 390. The van der Waals surface area contributed by atoms with Gasteiger partial charge in [-0.25, -0.2) is 0 Å². The molecule has 0 aromatic heterocycles. The van der Waals surface area contributed by atoms with Gasteiger partial charge in [-0.15, -0.1) is 0 Å². The molecule has 0 radical (unpaired) electrons. The molecule has 1 atom stereocenters. The van der Waals surface area contributed by atoms with Gasteiger partial charge in [-0.2, -0.15) is 0 Å². The number of carbonyl (C=O) groups is 1. The van der Waals surface area contributed by atoms with Crippen LogP contribution >= 0.6 is 0 Å². The zero-order valence-corrected chi connectivity index (χ0v) is 10.5. The molecule has 0 saturated carbocycles. The lowest BCUT2D eigenvalue weighted by molar-refractivity contribution is -0.140. The van der Waals surface area contributed by atoms with Gasteiger partial charge in [0, 0.05) is 12.5 Å². The van der Waals surface area contributed by atoms with E-state index in [2.05, 4.69) is 4.74 Å². The van der Waals surface area contributed by atoms with Crippen LogP contribution in [0.1, 0.15) is 30.0 Å². The second-order valence-corrected chi connectivity index (χ2v) is 3.90. The van der Waals surface area contributed by atoms with Gasteiger partial charge >= 0.3 is 5.97 Å². The van der Waals surface area contributed by atoms with Crippen molar-refractivity contribution in [1.82, 2.24) is 0 Å². The molecule has 0 saturated heterocycles. The fraction of sp³-hybridized carbons (Fsp3) is 0.462. The summed E-state index contributed by atoms with van der Waals surface area (Å²) in [5.41, 5.74) is 8.09. The highest BCUT2D eigenvalue weighted by Gasteiger charge is 2.13. The SMILES string of the molecule is COC(=O)CCC(N)c1cccc(OC)c1C. The second kappa shape index (κ2) is 6.25. The highest BCUT2D eigenvalue weighted by molar-refractivity contribution is 5.69. The third kappa shape index (κ3) is 3.46. The largest absolute Gasteiger partial charge is 0.496 e. The number of benzene rings is 1. The first-order valence-corrected chi connectivity index (χ1v) is 5.56. The molecule has 0 amide bonds. The summed E-state index contributed by atoms with van der Waals surface area (Å²) in [6.45, 7) is 1.96. The topological polar surface area (TPSA) is 61.5 Å². The van der Waals surface area contributed by atoms with Crippen LogP contribution in [0.15, 0.2) is 18.2 Å². The number of ether oxygens (including phenoxy) is 2. The maximum absolute atomic E-state index is 11.1. The Morgan fingerprint density at radius 2 is 2.12 bits per heavy atom. The van der Waals surface area contributed by atoms with Crippen LogP contribution < -0.4 is 10.5 Å². The molecule has 0 aliphatic carbocycles. The van der Waals surface area contributed by atoms with E-state index in [-0.39, 0.29) is 12.0 Å². The molecule has 94 valence electrons. The van der Waals surface area contributed by atoms with Gasteiger partial charge in [0.25, 0.3) is 0 Å². The van der Waals surface area contributed by atoms with E-state index in [1.54, 1.807) is 7.11 Å². The summed E-state index contributed by atoms with van der Waals surface area (Å²) in [4.78, 5) is 11.1. The maximum Gasteiger partial charge on any atom is 0.305 e. The van der Waals surface area contributed by atoms with E-state index in [1.807, 2.05) is 25.1 Å². The molecular weight excluding hydrogens is 218 g/mol. The summed E-state index contributed by atoms with van der Waals surface area (Å²) in [6, 6.07) is 5.58. The molecule has 1 aromatic rings. The molecule has 0 aliphatic rings. The molecule has 0 aliphatic heterocycles. The van der Waals surface area contributed by atoms with Crippen molar-refractivity contribution >= 4 is 5.97 Å². The molecule has 0 spiro atoms. The zero-order chi connectivity index (χ0) is 12.8. The van der Waals surface area contributed by atoms with E-state index in [0.29, 0.717) is 12.8 Å². The highest BCUT2D eigenvalue weighted by atomic mass is 16.5. The predicted molar refractivity (Wildman–Crippen MR) is 65.9 cm³/mol. The molecule has 17 heavy (non-hydrogen) atoms. The zero-order valence-electron chi connectivity index (χ0n) is 10.5. The number of carbonyl (C=O) groups excluding carboxylic acids is 1. The Kier molecular flexibility index (Phi) is 4.97. The van der Waals surface area contributed by atoms with Gasteiger partial charge in [0.05, 0.1) is 14.2 Å². The van der Waals surface area contributed by atoms with Crippen LogP contribution in [-0.2, 0) is 9.53 Å². The van der Waals surface area contributed by atoms with Crippen molar-refractivity contribution in [2.24, 2.45) is 5.73 Å². The second-order valence-electron chi connectivity index (χ2n) is 3.90. The van der Waals surface area contributed by atoms with E-state index < -0.39 is 0 Å². The third-order valence-electron chi connectivity index (χ3n) is 2.83. The molecule has 0 bridgehead atoms. The number of hydrogen-bond acceptors (Lipinski definition) is 4. The fourth-order valence-corrected chi connectivity index (χ4v) is 1.79. The summed E-state index contributed by atoms with van der Waals surface area (Å²) in [6.07, 6.45) is 0.898. The molecular formula is C13H19NO3. The Hall–Kier alpha value is -1.55. The van der Waals surface area contributed by atoms with Crippen LogP contribution in [0.5, 0.6) is 5.75 Å². The maximum atomic E-state index is 11.1. The van der Waals surface area contributed by atoms with E-state index in [1.165, 1.54) is 7.11 Å². The van der Waals surface area contributed by atoms with Crippen LogP contribution in [0.25, 0.3) is 0 Å². The Balaban J connectivity index is 2.75. The van der Waals surface area contributed by atoms with Gasteiger partial charge in [0.1, 0.15) is 5.75 Å². The van der Waals surface area contributed by atoms with Gasteiger partial charge in [-0.1, -0.05) is 12.1 Å². The molecule has 0 heterocycles. The van der Waals surface area contributed by atoms with E-state index in [4.69, 9.17) is 10.5 Å². The standard InChI is InChI=1S/C13H19NO3/c1-9-10(5-4-6-12(9)16-2)11(14)7-8-13(15)17-3/h4-6,11H,7-8,14H2,1-3H3. The van der Waals surface area contributed by atoms with Crippen molar-refractivity contribution < 1.29 is 14.3 Å². The average molecular weight is 237 g/mol. The summed E-state index contributed by atoms with van der Waals surface area (Å²) in [7, 11) is 3.01. The lowest BCUT2D eigenvalue weighted by Crippen LogP contribution is -2.14. The Morgan fingerprint density at radius 1 is 1.41 bits per heavy atom. The molecule has 2 N–H and O–H groups in total. The molecule has 1 rings (SSSR count). The molecule has 4 heteroatoms. The van der Waals surface area contributed by atoms with Gasteiger partial charge in [0.2, 0.25) is 0 Å². The van der Waals surface area contributed by atoms with Gasteiger partial charge in [-0.05, 0) is 30.5 Å². The summed E-state index contributed by atoms with van der Waals surface area (Å²) in [5.74, 6) is 0.581. The average Bonchev–Trinajstić information content (AvgIpc) is 2.35. The number of esters is 1. The van der Waals surface area contributed by atoms with Crippen molar-refractivity contribution in [3.63, 3.8) is 0 Å². The van der Waals surface area contributed by atoms with Crippen molar-refractivity contribution in [3.05, 3.63) is 29.3 Å².